The smallest absolute Gasteiger partial charge is 0.265 e. The number of sulfonamides is 1. The molecule has 2 aromatic carbocycles. The topological polar surface area (TPSA) is 107 Å². The van der Waals surface area contributed by atoms with Gasteiger partial charge in [-0.1, -0.05) is 23.7 Å². The van der Waals surface area contributed by atoms with Gasteiger partial charge in [0.2, 0.25) is 0 Å². The van der Waals surface area contributed by atoms with Gasteiger partial charge in [0.25, 0.3) is 15.7 Å². The van der Waals surface area contributed by atoms with Crippen molar-refractivity contribution in [2.45, 2.75) is 11.4 Å². The van der Waals surface area contributed by atoms with Crippen molar-refractivity contribution in [3.8, 4) is 0 Å². The van der Waals surface area contributed by atoms with Crippen molar-refractivity contribution in [1.82, 2.24) is 9.78 Å². The summed E-state index contributed by atoms with van der Waals surface area (Å²) in [5.41, 5.74) is 0.394. The Hall–Kier alpha value is -2.98. The molecule has 140 valence electrons. The number of non-ortho nitro benzene ring substituents is 1. The lowest BCUT2D eigenvalue weighted by molar-refractivity contribution is -0.384. The number of benzene rings is 2. The van der Waals surface area contributed by atoms with Crippen LogP contribution in [0.15, 0.2) is 59.6 Å². The number of nitro benzene ring substituents is 1. The van der Waals surface area contributed by atoms with Gasteiger partial charge in [0.1, 0.15) is 10.8 Å². The Labute approximate surface area is 158 Å². The van der Waals surface area contributed by atoms with Crippen molar-refractivity contribution < 1.29 is 17.7 Å². The molecule has 0 aliphatic rings. The molecule has 0 fully saturated rings. The van der Waals surface area contributed by atoms with Gasteiger partial charge in [0.15, 0.2) is 5.82 Å². The van der Waals surface area contributed by atoms with Crippen molar-refractivity contribution in [1.29, 1.82) is 0 Å². The second-order valence-corrected chi connectivity index (χ2v) is 7.60. The van der Waals surface area contributed by atoms with E-state index < -0.39 is 20.8 Å². The number of nitrogens with one attached hydrogen (secondary N) is 1. The van der Waals surface area contributed by atoms with Gasteiger partial charge in [0.05, 0.1) is 16.4 Å². The number of hydrogen-bond donors (Lipinski definition) is 1. The summed E-state index contributed by atoms with van der Waals surface area (Å²) in [6, 6.07) is 10.3. The zero-order valence-corrected chi connectivity index (χ0v) is 15.1. The fourth-order valence-electron chi connectivity index (χ4n) is 2.30. The van der Waals surface area contributed by atoms with Crippen molar-refractivity contribution in [2.75, 3.05) is 4.72 Å². The molecule has 0 aliphatic heterocycles. The predicted octanol–water partition coefficient (Wildman–Crippen LogP) is 3.43. The maximum atomic E-state index is 13.3. The van der Waals surface area contributed by atoms with Gasteiger partial charge in [0, 0.05) is 18.3 Å². The molecule has 0 atom stereocenters. The van der Waals surface area contributed by atoms with E-state index >= 15 is 0 Å². The normalized spacial score (nSPS) is 11.3. The van der Waals surface area contributed by atoms with Gasteiger partial charge in [-0.15, -0.1) is 0 Å². The molecule has 0 spiro atoms. The molecule has 0 amide bonds. The highest BCUT2D eigenvalue weighted by Gasteiger charge is 2.19. The summed E-state index contributed by atoms with van der Waals surface area (Å²) in [4.78, 5) is 9.85. The van der Waals surface area contributed by atoms with Crippen LogP contribution < -0.4 is 4.72 Å². The first-order valence-electron chi connectivity index (χ1n) is 7.49. The number of hydrogen-bond acceptors (Lipinski definition) is 5. The summed E-state index contributed by atoms with van der Waals surface area (Å²) in [6.45, 7) is 0.191. The molecule has 8 nitrogen and oxygen atoms in total. The van der Waals surface area contributed by atoms with E-state index in [-0.39, 0.29) is 28.0 Å². The van der Waals surface area contributed by atoms with E-state index in [4.69, 9.17) is 11.6 Å². The highest BCUT2D eigenvalue weighted by Crippen LogP contribution is 2.24. The van der Waals surface area contributed by atoms with Gasteiger partial charge in [-0.25, -0.2) is 12.8 Å². The molecule has 3 rings (SSSR count). The minimum Gasteiger partial charge on any atom is -0.265 e. The SMILES string of the molecule is O=[N+]([O-])c1ccc(S(=O)(=O)Nc2nn(Cc3cccc(F)c3)cc2Cl)cc1. The summed E-state index contributed by atoms with van der Waals surface area (Å²) < 4.78 is 41.7. The molecule has 1 heterocycles. The van der Waals surface area contributed by atoms with Crippen molar-refractivity contribution in [2.24, 2.45) is 0 Å². The number of rotatable bonds is 6. The highest BCUT2D eigenvalue weighted by atomic mass is 35.5. The van der Waals surface area contributed by atoms with Gasteiger partial charge in [-0.05, 0) is 29.8 Å². The van der Waals surface area contributed by atoms with Crippen molar-refractivity contribution >= 4 is 33.1 Å². The molecule has 27 heavy (non-hydrogen) atoms. The Balaban J connectivity index is 1.80. The van der Waals surface area contributed by atoms with Crippen LogP contribution in [0.3, 0.4) is 0 Å². The standard InChI is InChI=1S/C16H12ClFN4O4S/c17-15-10-21(9-11-2-1-3-12(18)8-11)19-16(15)20-27(25,26)14-6-4-13(5-7-14)22(23)24/h1-8,10H,9H2,(H,19,20). The monoisotopic (exact) mass is 410 g/mol. The summed E-state index contributed by atoms with van der Waals surface area (Å²) in [5.74, 6) is -0.503. The maximum Gasteiger partial charge on any atom is 0.269 e. The molecule has 1 aromatic heterocycles. The number of aromatic nitrogens is 2. The Morgan fingerprint density at radius 3 is 2.56 bits per heavy atom. The van der Waals surface area contributed by atoms with E-state index in [9.17, 15) is 22.9 Å². The fraction of sp³-hybridized carbons (Fsp3) is 0.0625. The van der Waals surface area contributed by atoms with Crippen LogP contribution in [0, 0.1) is 15.9 Å². The highest BCUT2D eigenvalue weighted by molar-refractivity contribution is 7.92. The Morgan fingerprint density at radius 2 is 1.93 bits per heavy atom. The summed E-state index contributed by atoms with van der Waals surface area (Å²) in [7, 11) is -4.04. The van der Waals surface area contributed by atoms with Crippen molar-refractivity contribution in [3.63, 3.8) is 0 Å². The van der Waals surface area contributed by atoms with E-state index in [0.717, 1.165) is 24.3 Å². The molecular formula is C16H12ClFN4O4S. The van der Waals surface area contributed by atoms with E-state index in [0.29, 0.717) is 5.56 Å². The average Bonchev–Trinajstić information content (AvgIpc) is 2.93. The second kappa shape index (κ2) is 7.33. The van der Waals surface area contributed by atoms with Crippen LogP contribution >= 0.6 is 11.6 Å². The molecule has 3 aromatic rings. The van der Waals surface area contributed by atoms with Crippen LogP contribution in [0.1, 0.15) is 5.56 Å². The zero-order chi connectivity index (χ0) is 19.6. The molecule has 0 bridgehead atoms. The van der Waals surface area contributed by atoms with E-state index in [1.54, 1.807) is 12.1 Å². The third-order valence-electron chi connectivity index (χ3n) is 3.54. The summed E-state index contributed by atoms with van der Waals surface area (Å²) in [6.07, 6.45) is 1.40. The van der Waals surface area contributed by atoms with Gasteiger partial charge in [-0.3, -0.25) is 19.5 Å². The molecule has 1 N–H and O–H groups in total. The minimum atomic E-state index is -4.04. The molecule has 11 heteroatoms. The lowest BCUT2D eigenvalue weighted by atomic mass is 10.2. The first-order chi connectivity index (χ1) is 12.7. The second-order valence-electron chi connectivity index (χ2n) is 5.51. The lowest BCUT2D eigenvalue weighted by Gasteiger charge is -2.06. The van der Waals surface area contributed by atoms with Crippen LogP contribution in [-0.4, -0.2) is 23.1 Å². The molecule has 0 radical (unpaired) electrons. The molecule has 0 saturated heterocycles. The largest absolute Gasteiger partial charge is 0.269 e. The Morgan fingerprint density at radius 1 is 1.22 bits per heavy atom. The van der Waals surface area contributed by atoms with Gasteiger partial charge < -0.3 is 0 Å². The maximum absolute atomic E-state index is 13.3. The third-order valence-corrected chi connectivity index (χ3v) is 5.17. The number of halogens is 2. The Kier molecular flexibility index (Phi) is 5.10. The fourth-order valence-corrected chi connectivity index (χ4v) is 3.57. The van der Waals surface area contributed by atoms with Gasteiger partial charge >= 0.3 is 0 Å². The number of nitrogens with zero attached hydrogens (tertiary/aromatic N) is 3. The summed E-state index contributed by atoms with van der Waals surface area (Å²) >= 11 is 6.03. The van der Waals surface area contributed by atoms with Crippen LogP contribution in [0.2, 0.25) is 5.02 Å². The predicted molar refractivity (Wildman–Crippen MR) is 96.6 cm³/mol. The quantitative estimate of drug-likeness (QED) is 0.494. The lowest BCUT2D eigenvalue weighted by Crippen LogP contribution is -2.14. The van der Waals surface area contributed by atoms with Crippen LogP contribution in [0.4, 0.5) is 15.9 Å². The minimum absolute atomic E-state index is 0.0527. The van der Waals surface area contributed by atoms with E-state index in [2.05, 4.69) is 9.82 Å². The number of anilines is 1. The van der Waals surface area contributed by atoms with Gasteiger partial charge in [-0.2, -0.15) is 5.10 Å². The van der Waals surface area contributed by atoms with E-state index in [1.807, 2.05) is 0 Å². The average molecular weight is 411 g/mol. The van der Waals surface area contributed by atoms with E-state index in [1.165, 1.54) is 23.0 Å². The third kappa shape index (κ3) is 4.41. The summed E-state index contributed by atoms with van der Waals surface area (Å²) in [5, 5.41) is 14.8. The van der Waals surface area contributed by atoms with Crippen molar-refractivity contribution in [3.05, 3.63) is 81.2 Å². The molecule has 0 unspecified atom stereocenters. The molecular weight excluding hydrogens is 399 g/mol. The number of nitro groups is 1. The first-order valence-corrected chi connectivity index (χ1v) is 9.35. The van der Waals surface area contributed by atoms with Crippen LogP contribution in [0.5, 0.6) is 0 Å². The molecule has 0 saturated carbocycles. The van der Waals surface area contributed by atoms with Crippen LogP contribution in [-0.2, 0) is 16.6 Å². The first kappa shape index (κ1) is 18.8. The molecule has 0 aliphatic carbocycles. The van der Waals surface area contributed by atoms with Crippen LogP contribution in [0.25, 0.3) is 0 Å². The Bertz CT molecular complexity index is 1100. The zero-order valence-electron chi connectivity index (χ0n) is 13.5.